The fraction of sp³-hybridized carbons (Fsp3) is 0.789. The molecule has 1 heterocycles. The summed E-state index contributed by atoms with van der Waals surface area (Å²) in [6.45, 7) is 21.2. The molecule has 0 unspecified atom stereocenters. The van der Waals surface area contributed by atoms with Crippen LogP contribution in [0, 0.1) is 5.92 Å². The van der Waals surface area contributed by atoms with Gasteiger partial charge in [0, 0.05) is 9.75 Å². The van der Waals surface area contributed by atoms with Gasteiger partial charge in [0.1, 0.15) is 0 Å². The Morgan fingerprint density at radius 2 is 1.30 bits per heavy atom. The molecule has 0 nitrogen and oxygen atoms in total. The van der Waals surface area contributed by atoms with Crippen molar-refractivity contribution in [3.8, 4) is 0 Å². The first-order valence-corrected chi connectivity index (χ1v) is 8.95. The van der Waals surface area contributed by atoms with Crippen LogP contribution in [0.3, 0.4) is 0 Å². The van der Waals surface area contributed by atoms with Gasteiger partial charge in [0.25, 0.3) is 0 Å². The van der Waals surface area contributed by atoms with E-state index in [9.17, 15) is 0 Å². The Morgan fingerprint density at radius 3 is 1.65 bits per heavy atom. The van der Waals surface area contributed by atoms with E-state index in [0.717, 1.165) is 5.92 Å². The Morgan fingerprint density at radius 1 is 0.850 bits per heavy atom. The van der Waals surface area contributed by atoms with Crippen molar-refractivity contribution < 1.29 is 0 Å². The zero-order chi connectivity index (χ0) is 15.7. The molecule has 0 amide bonds. The van der Waals surface area contributed by atoms with Gasteiger partial charge in [-0.05, 0) is 47.1 Å². The SMILES string of the molecule is CCc1c(C(C)(C)C)sc(C(C)(C)C)c1CCC(C)C. The minimum Gasteiger partial charge on any atom is -0.144 e. The van der Waals surface area contributed by atoms with Gasteiger partial charge in [-0.15, -0.1) is 11.3 Å². The molecule has 0 N–H and O–H groups in total. The second kappa shape index (κ2) is 6.22. The molecule has 0 bridgehead atoms. The Bertz CT molecular complexity index is 436. The van der Waals surface area contributed by atoms with Crippen molar-refractivity contribution in [2.45, 2.75) is 92.4 Å². The van der Waals surface area contributed by atoms with Crippen LogP contribution in [0.15, 0.2) is 0 Å². The van der Waals surface area contributed by atoms with Crippen LogP contribution in [0.2, 0.25) is 0 Å². The molecule has 0 spiro atoms. The van der Waals surface area contributed by atoms with Crippen LogP contribution in [-0.2, 0) is 23.7 Å². The van der Waals surface area contributed by atoms with E-state index >= 15 is 0 Å². The molecule has 116 valence electrons. The van der Waals surface area contributed by atoms with Crippen molar-refractivity contribution in [3.63, 3.8) is 0 Å². The quantitative estimate of drug-likeness (QED) is 0.595. The van der Waals surface area contributed by atoms with Gasteiger partial charge in [-0.1, -0.05) is 62.3 Å². The summed E-state index contributed by atoms with van der Waals surface area (Å²) < 4.78 is 0. The number of thiophene rings is 1. The lowest BCUT2D eigenvalue weighted by molar-refractivity contribution is 0.561. The maximum atomic E-state index is 2.36. The second-order valence-electron chi connectivity index (χ2n) is 8.50. The van der Waals surface area contributed by atoms with E-state index in [-0.39, 0.29) is 10.8 Å². The van der Waals surface area contributed by atoms with E-state index in [1.54, 1.807) is 20.9 Å². The third kappa shape index (κ3) is 4.10. The number of rotatable bonds is 4. The standard InChI is InChI=1S/C19H34S/c1-10-14-15(12-11-13(2)3)17(19(7,8)9)20-16(14)18(4,5)6/h13H,10-12H2,1-9H3. The second-order valence-corrected chi connectivity index (χ2v) is 9.52. The Kier molecular flexibility index (Phi) is 5.52. The molecular weight excluding hydrogens is 260 g/mol. The minimum atomic E-state index is 0.268. The highest BCUT2D eigenvalue weighted by Crippen LogP contribution is 2.43. The van der Waals surface area contributed by atoms with Crippen molar-refractivity contribution >= 4 is 11.3 Å². The highest BCUT2D eigenvalue weighted by atomic mass is 32.1. The molecule has 0 aromatic carbocycles. The highest BCUT2D eigenvalue weighted by Gasteiger charge is 2.29. The smallest absolute Gasteiger partial charge is 0.0137 e. The molecule has 0 radical (unpaired) electrons. The van der Waals surface area contributed by atoms with Crippen molar-refractivity contribution in [2.24, 2.45) is 5.92 Å². The third-order valence-corrected chi connectivity index (χ3v) is 5.93. The number of hydrogen-bond donors (Lipinski definition) is 0. The predicted octanol–water partition coefficient (Wildman–Crippen LogP) is 6.49. The van der Waals surface area contributed by atoms with Crippen molar-refractivity contribution in [3.05, 3.63) is 20.9 Å². The van der Waals surface area contributed by atoms with Gasteiger partial charge in [-0.2, -0.15) is 0 Å². The Labute approximate surface area is 131 Å². The Hall–Kier alpha value is -0.300. The summed E-state index contributed by atoms with van der Waals surface area (Å²) in [4.78, 5) is 3.24. The van der Waals surface area contributed by atoms with Crippen LogP contribution < -0.4 is 0 Å². The predicted molar refractivity (Wildman–Crippen MR) is 94.3 cm³/mol. The van der Waals surface area contributed by atoms with Gasteiger partial charge in [-0.25, -0.2) is 0 Å². The van der Waals surface area contributed by atoms with Crippen LogP contribution in [-0.4, -0.2) is 0 Å². The molecule has 1 aromatic heterocycles. The van der Waals surface area contributed by atoms with E-state index in [2.05, 4.69) is 73.7 Å². The Balaban J connectivity index is 3.39. The van der Waals surface area contributed by atoms with E-state index in [1.807, 2.05) is 0 Å². The van der Waals surface area contributed by atoms with Gasteiger partial charge >= 0.3 is 0 Å². The molecule has 0 atom stereocenters. The summed E-state index contributed by atoms with van der Waals surface area (Å²) >= 11 is 2.08. The average molecular weight is 295 g/mol. The molecule has 0 aliphatic rings. The molecule has 20 heavy (non-hydrogen) atoms. The van der Waals surface area contributed by atoms with Gasteiger partial charge in [0.05, 0.1) is 0 Å². The van der Waals surface area contributed by atoms with Crippen LogP contribution in [0.1, 0.15) is 89.6 Å². The van der Waals surface area contributed by atoms with E-state index in [4.69, 9.17) is 0 Å². The minimum absolute atomic E-state index is 0.268. The maximum Gasteiger partial charge on any atom is 0.0137 e. The fourth-order valence-corrected chi connectivity index (χ4v) is 4.34. The molecule has 0 saturated heterocycles. The summed E-state index contributed by atoms with van der Waals surface area (Å²) in [5.41, 5.74) is 3.85. The monoisotopic (exact) mass is 294 g/mol. The van der Waals surface area contributed by atoms with Crippen molar-refractivity contribution in [1.29, 1.82) is 0 Å². The molecular formula is C19H34S. The molecule has 0 saturated carbocycles. The third-order valence-electron chi connectivity index (χ3n) is 3.80. The van der Waals surface area contributed by atoms with Crippen molar-refractivity contribution in [1.82, 2.24) is 0 Å². The van der Waals surface area contributed by atoms with Gasteiger partial charge in [0.2, 0.25) is 0 Å². The van der Waals surface area contributed by atoms with Crippen molar-refractivity contribution in [2.75, 3.05) is 0 Å². The zero-order valence-corrected chi connectivity index (χ0v) is 15.9. The summed E-state index contributed by atoms with van der Waals surface area (Å²) in [6.07, 6.45) is 3.73. The van der Waals surface area contributed by atoms with Gasteiger partial charge in [-0.3, -0.25) is 0 Å². The van der Waals surface area contributed by atoms with Crippen LogP contribution in [0.4, 0.5) is 0 Å². The highest BCUT2D eigenvalue weighted by molar-refractivity contribution is 7.12. The first-order chi connectivity index (χ1) is 8.98. The van der Waals surface area contributed by atoms with Crippen LogP contribution >= 0.6 is 11.3 Å². The number of hydrogen-bond acceptors (Lipinski definition) is 1. The topological polar surface area (TPSA) is 0 Å². The lowest BCUT2D eigenvalue weighted by Crippen LogP contribution is -2.13. The zero-order valence-electron chi connectivity index (χ0n) is 15.1. The van der Waals surface area contributed by atoms with E-state index in [0.29, 0.717) is 0 Å². The first kappa shape index (κ1) is 17.8. The maximum absolute atomic E-state index is 2.36. The van der Waals surface area contributed by atoms with E-state index < -0.39 is 0 Å². The largest absolute Gasteiger partial charge is 0.144 e. The first-order valence-electron chi connectivity index (χ1n) is 8.14. The van der Waals surface area contributed by atoms with Gasteiger partial charge < -0.3 is 0 Å². The lowest BCUT2D eigenvalue weighted by atomic mass is 9.84. The average Bonchev–Trinajstić information content (AvgIpc) is 2.63. The fourth-order valence-electron chi connectivity index (χ4n) is 2.78. The van der Waals surface area contributed by atoms with Crippen LogP contribution in [0.25, 0.3) is 0 Å². The lowest BCUT2D eigenvalue weighted by Gasteiger charge is -2.20. The molecule has 0 aliphatic heterocycles. The summed E-state index contributed by atoms with van der Waals surface area (Å²) in [7, 11) is 0. The molecule has 1 rings (SSSR count). The summed E-state index contributed by atoms with van der Waals surface area (Å²) in [5.74, 6) is 0.783. The summed E-state index contributed by atoms with van der Waals surface area (Å²) in [6, 6.07) is 0. The van der Waals surface area contributed by atoms with E-state index in [1.165, 1.54) is 19.3 Å². The molecule has 1 heteroatoms. The van der Waals surface area contributed by atoms with Crippen LogP contribution in [0.5, 0.6) is 0 Å². The molecule has 0 fully saturated rings. The normalized spacial score (nSPS) is 13.3. The molecule has 0 aliphatic carbocycles. The van der Waals surface area contributed by atoms with Gasteiger partial charge in [0.15, 0.2) is 0 Å². The summed E-state index contributed by atoms with van der Waals surface area (Å²) in [5, 5.41) is 0. The molecule has 1 aromatic rings.